The first-order chi connectivity index (χ1) is 10.5. The van der Waals surface area contributed by atoms with E-state index >= 15 is 0 Å². The lowest BCUT2D eigenvalue weighted by atomic mass is 9.93. The second-order valence-corrected chi connectivity index (χ2v) is 15.8. The minimum atomic E-state index is -3.11. The number of alkyl carbamates (subject to hydrolysis) is 1. The Morgan fingerprint density at radius 3 is 2.30 bits per heavy atom. The number of rotatable bonds is 5. The minimum Gasteiger partial charge on any atom is -0.450 e. The highest BCUT2D eigenvalue weighted by molar-refractivity contribution is 9.10. The van der Waals surface area contributed by atoms with Crippen LogP contribution < -0.4 is 5.32 Å². The molecule has 1 aliphatic rings. The number of amides is 1. The van der Waals surface area contributed by atoms with Crippen LogP contribution in [0.5, 0.6) is 0 Å². The zero-order chi connectivity index (χ0) is 17.3. The molecule has 0 atom stereocenters. The van der Waals surface area contributed by atoms with Crippen LogP contribution in [-0.4, -0.2) is 40.7 Å². The average Bonchev–Trinajstić information content (AvgIpc) is 2.35. The summed E-state index contributed by atoms with van der Waals surface area (Å²) in [6, 6.07) is 8.19. The summed E-state index contributed by atoms with van der Waals surface area (Å²) in [5.41, 5.74) is -0.104. The number of nitrogens with one attached hydrogen (secondary N) is 1. The molecule has 0 aromatic heterocycles. The van der Waals surface area contributed by atoms with Crippen LogP contribution in [0.2, 0.25) is 25.7 Å². The molecular formula is C15H22BrNO4SSi. The summed E-state index contributed by atoms with van der Waals surface area (Å²) in [5.74, 6) is -0.185. The molecule has 0 bridgehead atoms. The van der Waals surface area contributed by atoms with Gasteiger partial charge < -0.3 is 10.1 Å². The standard InChI is InChI=1S/C15H22BrNO4SSi/c1-23(2,3)9-8-21-14(18)17-15(10-22(19,20)11-15)12-4-6-13(16)7-5-12/h4-7H,8-11H2,1-3H3,(H,17,18). The van der Waals surface area contributed by atoms with Gasteiger partial charge in [-0.2, -0.15) is 0 Å². The van der Waals surface area contributed by atoms with Crippen LogP contribution in [-0.2, 0) is 20.1 Å². The topological polar surface area (TPSA) is 72.5 Å². The Labute approximate surface area is 146 Å². The van der Waals surface area contributed by atoms with Crippen LogP contribution in [0.15, 0.2) is 28.7 Å². The predicted octanol–water partition coefficient (Wildman–Crippen LogP) is 3.14. The fraction of sp³-hybridized carbons (Fsp3) is 0.533. The molecule has 1 amide bonds. The van der Waals surface area contributed by atoms with Crippen molar-refractivity contribution in [1.29, 1.82) is 0 Å². The molecule has 1 aromatic rings. The van der Waals surface area contributed by atoms with Gasteiger partial charge in [-0.3, -0.25) is 0 Å². The molecule has 0 aliphatic carbocycles. The Morgan fingerprint density at radius 1 is 1.26 bits per heavy atom. The van der Waals surface area contributed by atoms with Crippen molar-refractivity contribution in [3.05, 3.63) is 34.3 Å². The van der Waals surface area contributed by atoms with Gasteiger partial charge in [0.1, 0.15) is 0 Å². The lowest BCUT2D eigenvalue weighted by Gasteiger charge is -2.41. The van der Waals surface area contributed by atoms with Gasteiger partial charge in [-0.15, -0.1) is 0 Å². The number of carbonyl (C=O) groups excluding carboxylic acids is 1. The van der Waals surface area contributed by atoms with Crippen LogP contribution in [0.3, 0.4) is 0 Å². The minimum absolute atomic E-state index is 0.0925. The van der Waals surface area contributed by atoms with Crippen molar-refractivity contribution in [2.75, 3.05) is 18.1 Å². The quantitative estimate of drug-likeness (QED) is 0.743. The Morgan fingerprint density at radius 2 is 1.83 bits per heavy atom. The highest BCUT2D eigenvalue weighted by atomic mass is 79.9. The maximum absolute atomic E-state index is 12.1. The number of benzene rings is 1. The van der Waals surface area contributed by atoms with Crippen molar-refractivity contribution < 1.29 is 17.9 Å². The Hall–Kier alpha value is -0.863. The van der Waals surface area contributed by atoms with Crippen LogP contribution in [0, 0.1) is 0 Å². The molecule has 128 valence electrons. The van der Waals surface area contributed by atoms with E-state index in [0.29, 0.717) is 6.61 Å². The van der Waals surface area contributed by atoms with E-state index in [1.54, 1.807) is 0 Å². The highest BCUT2D eigenvalue weighted by Gasteiger charge is 2.51. The van der Waals surface area contributed by atoms with Crippen molar-refractivity contribution >= 4 is 39.9 Å². The Bertz CT molecular complexity index is 670. The maximum Gasteiger partial charge on any atom is 0.407 e. The first-order valence-electron chi connectivity index (χ1n) is 7.43. The summed E-state index contributed by atoms with van der Waals surface area (Å²) in [7, 11) is -4.39. The Kier molecular flexibility index (Phi) is 5.27. The van der Waals surface area contributed by atoms with E-state index in [9.17, 15) is 13.2 Å². The Balaban J connectivity index is 2.05. The monoisotopic (exact) mass is 419 g/mol. The molecule has 1 N–H and O–H groups in total. The first kappa shape index (κ1) is 18.5. The lowest BCUT2D eigenvalue weighted by molar-refractivity contribution is 0.140. The molecular weight excluding hydrogens is 398 g/mol. The highest BCUT2D eigenvalue weighted by Crippen LogP contribution is 2.35. The third kappa shape index (κ3) is 5.05. The van der Waals surface area contributed by atoms with E-state index in [0.717, 1.165) is 16.1 Å². The summed E-state index contributed by atoms with van der Waals surface area (Å²) in [5, 5.41) is 2.77. The third-order valence-electron chi connectivity index (χ3n) is 3.76. The lowest BCUT2D eigenvalue weighted by Crippen LogP contribution is -2.62. The molecule has 0 radical (unpaired) electrons. The summed E-state index contributed by atoms with van der Waals surface area (Å²) >= 11 is 3.35. The zero-order valence-corrected chi connectivity index (χ0v) is 17.0. The smallest absolute Gasteiger partial charge is 0.407 e. The van der Waals surface area contributed by atoms with Crippen molar-refractivity contribution in [3.63, 3.8) is 0 Å². The van der Waals surface area contributed by atoms with Crippen molar-refractivity contribution in [2.45, 2.75) is 31.2 Å². The molecule has 0 saturated carbocycles. The molecule has 1 aliphatic heterocycles. The summed E-state index contributed by atoms with van der Waals surface area (Å²) < 4.78 is 29.5. The van der Waals surface area contributed by atoms with Gasteiger partial charge in [0.05, 0.1) is 23.7 Å². The van der Waals surface area contributed by atoms with Crippen LogP contribution in [0.25, 0.3) is 0 Å². The van der Waals surface area contributed by atoms with Gasteiger partial charge in [-0.1, -0.05) is 47.7 Å². The summed E-state index contributed by atoms with van der Waals surface area (Å²) in [6.07, 6.45) is -0.555. The largest absolute Gasteiger partial charge is 0.450 e. The predicted molar refractivity (Wildman–Crippen MR) is 97.1 cm³/mol. The third-order valence-corrected chi connectivity index (χ3v) is 7.85. The van der Waals surface area contributed by atoms with Gasteiger partial charge in [0.2, 0.25) is 0 Å². The van der Waals surface area contributed by atoms with Crippen molar-refractivity contribution in [2.24, 2.45) is 0 Å². The summed E-state index contributed by atoms with van der Waals surface area (Å²) in [6.45, 7) is 6.98. The van der Waals surface area contributed by atoms with E-state index in [2.05, 4.69) is 40.9 Å². The van der Waals surface area contributed by atoms with Gasteiger partial charge >= 0.3 is 6.09 Å². The molecule has 2 rings (SSSR count). The average molecular weight is 420 g/mol. The van der Waals surface area contributed by atoms with E-state index < -0.39 is 29.5 Å². The zero-order valence-electron chi connectivity index (χ0n) is 13.6. The van der Waals surface area contributed by atoms with Crippen LogP contribution in [0.4, 0.5) is 4.79 Å². The second kappa shape index (κ2) is 6.56. The van der Waals surface area contributed by atoms with Crippen molar-refractivity contribution in [1.82, 2.24) is 5.32 Å². The van der Waals surface area contributed by atoms with Gasteiger partial charge in [-0.25, -0.2) is 13.2 Å². The van der Waals surface area contributed by atoms with Gasteiger partial charge in [-0.05, 0) is 23.7 Å². The molecule has 0 unspecified atom stereocenters. The molecule has 1 aromatic carbocycles. The summed E-state index contributed by atoms with van der Waals surface area (Å²) in [4.78, 5) is 12.1. The fourth-order valence-electron chi connectivity index (χ4n) is 2.47. The number of sulfone groups is 1. The molecule has 1 fully saturated rings. The fourth-order valence-corrected chi connectivity index (χ4v) is 5.34. The number of hydrogen-bond donors (Lipinski definition) is 1. The molecule has 1 saturated heterocycles. The maximum atomic E-state index is 12.1. The molecule has 23 heavy (non-hydrogen) atoms. The molecule has 8 heteroatoms. The van der Waals surface area contributed by atoms with Crippen LogP contribution in [0.1, 0.15) is 5.56 Å². The van der Waals surface area contributed by atoms with E-state index in [1.807, 2.05) is 24.3 Å². The first-order valence-corrected chi connectivity index (χ1v) is 13.8. The van der Waals surface area contributed by atoms with E-state index in [-0.39, 0.29) is 11.5 Å². The molecule has 5 nitrogen and oxygen atoms in total. The van der Waals surface area contributed by atoms with Crippen LogP contribution >= 0.6 is 15.9 Å². The van der Waals surface area contributed by atoms with Crippen molar-refractivity contribution in [3.8, 4) is 0 Å². The van der Waals surface area contributed by atoms with E-state index in [4.69, 9.17) is 4.74 Å². The molecule has 0 spiro atoms. The number of ether oxygens (including phenoxy) is 1. The SMILES string of the molecule is C[Si](C)(C)CCOC(=O)NC1(c2ccc(Br)cc2)CS(=O)(=O)C1. The molecule has 1 heterocycles. The van der Waals surface area contributed by atoms with E-state index in [1.165, 1.54) is 0 Å². The number of carbonyl (C=O) groups is 1. The number of hydrogen-bond acceptors (Lipinski definition) is 4. The normalized spacial score (nSPS) is 18.8. The van der Waals surface area contributed by atoms with Gasteiger partial charge in [0.25, 0.3) is 0 Å². The van der Waals surface area contributed by atoms with Gasteiger partial charge in [0.15, 0.2) is 9.84 Å². The van der Waals surface area contributed by atoms with Gasteiger partial charge in [0, 0.05) is 12.5 Å². The number of halogens is 1. The second-order valence-electron chi connectivity index (χ2n) is 7.19.